The van der Waals surface area contributed by atoms with Crippen molar-refractivity contribution in [3.05, 3.63) is 76.4 Å². The summed E-state index contributed by atoms with van der Waals surface area (Å²) >= 11 is 6.00. The summed E-state index contributed by atoms with van der Waals surface area (Å²) in [5, 5.41) is 0.0742. The maximum Gasteiger partial charge on any atom is 0.276 e. The van der Waals surface area contributed by atoms with Gasteiger partial charge in [0.05, 0.1) is 10.6 Å². The Morgan fingerprint density at radius 2 is 1.63 bits per heavy atom. The minimum Gasteiger partial charge on any atom is -0.441 e. The molecule has 0 atom stereocenters. The topological polar surface area (TPSA) is 66.7 Å². The van der Waals surface area contributed by atoms with Crippen LogP contribution < -0.4 is 0 Å². The number of hydrogen-bond acceptors (Lipinski definition) is 4. The van der Waals surface area contributed by atoms with Gasteiger partial charge in [-0.2, -0.15) is 0 Å². The fourth-order valence-corrected chi connectivity index (χ4v) is 3.64. The molecule has 1 saturated heterocycles. The van der Waals surface area contributed by atoms with Crippen molar-refractivity contribution in [1.82, 2.24) is 14.8 Å². The number of rotatable bonds is 3. The van der Waals surface area contributed by atoms with E-state index in [1.807, 2.05) is 30.3 Å². The van der Waals surface area contributed by atoms with E-state index >= 15 is 0 Å². The molecule has 0 N–H and O–H groups in total. The lowest BCUT2D eigenvalue weighted by Crippen LogP contribution is -2.50. The number of aromatic nitrogens is 1. The number of oxazole rings is 1. The Bertz CT molecular complexity index is 1090. The van der Waals surface area contributed by atoms with Gasteiger partial charge in [0.1, 0.15) is 11.6 Å². The molecular weight excluding hydrogens is 409 g/mol. The highest BCUT2D eigenvalue weighted by molar-refractivity contribution is 6.33. The Morgan fingerprint density at radius 1 is 1.00 bits per heavy atom. The van der Waals surface area contributed by atoms with Crippen molar-refractivity contribution in [3.63, 3.8) is 0 Å². The highest BCUT2D eigenvalue weighted by atomic mass is 35.5. The monoisotopic (exact) mass is 427 g/mol. The van der Waals surface area contributed by atoms with Crippen LogP contribution in [0.15, 0.2) is 52.9 Å². The Kier molecular flexibility index (Phi) is 5.55. The standard InChI is InChI=1S/C22H19ClFN3O3/c1-14-19(25-20(30-14)15-5-3-2-4-6-15)22(29)27-11-9-26(10-12-27)21(28)17-8-7-16(24)13-18(17)23/h2-8,13H,9-12H2,1H3. The van der Waals surface area contributed by atoms with E-state index in [0.29, 0.717) is 37.8 Å². The first-order valence-corrected chi connectivity index (χ1v) is 9.88. The largest absolute Gasteiger partial charge is 0.441 e. The van der Waals surface area contributed by atoms with Gasteiger partial charge in [0, 0.05) is 31.7 Å². The minimum absolute atomic E-state index is 0.0742. The third-order valence-corrected chi connectivity index (χ3v) is 5.35. The molecule has 2 heterocycles. The molecule has 30 heavy (non-hydrogen) atoms. The summed E-state index contributed by atoms with van der Waals surface area (Å²) < 4.78 is 18.9. The molecule has 1 aliphatic rings. The average molecular weight is 428 g/mol. The minimum atomic E-state index is -0.496. The maximum absolute atomic E-state index is 13.2. The number of piperazine rings is 1. The molecule has 8 heteroatoms. The second-order valence-electron chi connectivity index (χ2n) is 7.00. The van der Waals surface area contributed by atoms with Gasteiger partial charge in [-0.3, -0.25) is 9.59 Å². The van der Waals surface area contributed by atoms with Crippen molar-refractivity contribution in [3.8, 4) is 11.5 Å². The lowest BCUT2D eigenvalue weighted by molar-refractivity contribution is 0.0531. The van der Waals surface area contributed by atoms with Crippen LogP contribution >= 0.6 is 11.6 Å². The number of benzene rings is 2. The first-order valence-electron chi connectivity index (χ1n) is 9.50. The average Bonchev–Trinajstić information content (AvgIpc) is 3.15. The number of aryl methyl sites for hydroxylation is 1. The fraction of sp³-hybridized carbons (Fsp3) is 0.227. The summed E-state index contributed by atoms with van der Waals surface area (Å²) in [6.45, 7) is 3.12. The summed E-state index contributed by atoms with van der Waals surface area (Å²) in [4.78, 5) is 33.3. The molecule has 154 valence electrons. The van der Waals surface area contributed by atoms with E-state index in [9.17, 15) is 14.0 Å². The van der Waals surface area contributed by atoms with Crippen molar-refractivity contribution in [2.24, 2.45) is 0 Å². The zero-order valence-electron chi connectivity index (χ0n) is 16.3. The van der Waals surface area contributed by atoms with Gasteiger partial charge in [-0.05, 0) is 37.3 Å². The normalized spacial score (nSPS) is 14.1. The van der Waals surface area contributed by atoms with Crippen LogP contribution in [0.4, 0.5) is 4.39 Å². The van der Waals surface area contributed by atoms with Crippen LogP contribution in [0.1, 0.15) is 26.6 Å². The van der Waals surface area contributed by atoms with Crippen LogP contribution in [-0.2, 0) is 0 Å². The van der Waals surface area contributed by atoms with Gasteiger partial charge >= 0.3 is 0 Å². The van der Waals surface area contributed by atoms with Gasteiger partial charge < -0.3 is 14.2 Å². The first-order chi connectivity index (χ1) is 14.4. The molecule has 1 aromatic heterocycles. The summed E-state index contributed by atoms with van der Waals surface area (Å²) in [6.07, 6.45) is 0. The van der Waals surface area contributed by atoms with Crippen molar-refractivity contribution >= 4 is 23.4 Å². The number of carbonyl (C=O) groups is 2. The van der Waals surface area contributed by atoms with Gasteiger partial charge in [-0.1, -0.05) is 29.8 Å². The zero-order valence-corrected chi connectivity index (χ0v) is 17.0. The van der Waals surface area contributed by atoms with Crippen molar-refractivity contribution in [2.45, 2.75) is 6.92 Å². The van der Waals surface area contributed by atoms with Crippen LogP contribution in [0, 0.1) is 12.7 Å². The van der Waals surface area contributed by atoms with Crippen LogP contribution in [-0.4, -0.2) is 52.8 Å². The second kappa shape index (κ2) is 8.28. The van der Waals surface area contributed by atoms with E-state index in [2.05, 4.69) is 4.98 Å². The molecule has 2 amide bonds. The van der Waals surface area contributed by atoms with Gasteiger partial charge in [0.25, 0.3) is 11.8 Å². The van der Waals surface area contributed by atoms with E-state index in [1.165, 1.54) is 12.1 Å². The summed E-state index contributed by atoms with van der Waals surface area (Å²) in [5.41, 5.74) is 1.32. The van der Waals surface area contributed by atoms with E-state index < -0.39 is 5.82 Å². The number of amides is 2. The van der Waals surface area contributed by atoms with Crippen LogP contribution in [0.5, 0.6) is 0 Å². The SMILES string of the molecule is Cc1oc(-c2ccccc2)nc1C(=O)N1CCN(C(=O)c2ccc(F)cc2Cl)CC1. The molecule has 0 radical (unpaired) electrons. The fourth-order valence-electron chi connectivity index (χ4n) is 3.39. The van der Waals surface area contributed by atoms with Gasteiger partial charge in [0.2, 0.25) is 5.89 Å². The molecule has 0 saturated carbocycles. The lowest BCUT2D eigenvalue weighted by Gasteiger charge is -2.34. The van der Waals surface area contributed by atoms with Gasteiger partial charge in [-0.25, -0.2) is 9.37 Å². The Balaban J connectivity index is 1.44. The first kappa shape index (κ1) is 20.1. The lowest BCUT2D eigenvalue weighted by atomic mass is 10.1. The molecule has 0 bridgehead atoms. The van der Waals surface area contributed by atoms with Gasteiger partial charge in [0.15, 0.2) is 5.69 Å². The van der Waals surface area contributed by atoms with E-state index in [1.54, 1.807) is 16.7 Å². The van der Waals surface area contributed by atoms with Crippen LogP contribution in [0.3, 0.4) is 0 Å². The summed E-state index contributed by atoms with van der Waals surface area (Å²) in [7, 11) is 0. The van der Waals surface area contributed by atoms with E-state index in [0.717, 1.165) is 11.6 Å². The van der Waals surface area contributed by atoms with Crippen molar-refractivity contribution in [2.75, 3.05) is 26.2 Å². The highest BCUT2D eigenvalue weighted by Crippen LogP contribution is 2.23. The number of hydrogen-bond donors (Lipinski definition) is 0. The quantitative estimate of drug-likeness (QED) is 0.632. The summed E-state index contributed by atoms with van der Waals surface area (Å²) in [5.74, 6) is -0.155. The summed E-state index contributed by atoms with van der Waals surface area (Å²) in [6, 6.07) is 13.1. The predicted octanol–water partition coefficient (Wildman–Crippen LogP) is 4.04. The molecule has 3 aromatic rings. The Morgan fingerprint density at radius 3 is 2.27 bits per heavy atom. The van der Waals surface area contributed by atoms with E-state index in [4.69, 9.17) is 16.0 Å². The van der Waals surface area contributed by atoms with E-state index in [-0.39, 0.29) is 28.1 Å². The molecule has 0 aliphatic carbocycles. The van der Waals surface area contributed by atoms with Gasteiger partial charge in [-0.15, -0.1) is 0 Å². The second-order valence-corrected chi connectivity index (χ2v) is 7.41. The molecule has 0 unspecified atom stereocenters. The molecule has 4 rings (SSSR count). The Labute approximate surface area is 177 Å². The number of carbonyl (C=O) groups excluding carboxylic acids is 2. The predicted molar refractivity (Wildman–Crippen MR) is 110 cm³/mol. The molecule has 1 fully saturated rings. The molecule has 1 aliphatic heterocycles. The van der Waals surface area contributed by atoms with Crippen LogP contribution in [0.2, 0.25) is 5.02 Å². The highest BCUT2D eigenvalue weighted by Gasteiger charge is 2.29. The number of nitrogens with zero attached hydrogens (tertiary/aromatic N) is 3. The smallest absolute Gasteiger partial charge is 0.276 e. The van der Waals surface area contributed by atoms with Crippen LogP contribution in [0.25, 0.3) is 11.5 Å². The molecule has 0 spiro atoms. The maximum atomic E-state index is 13.2. The molecular formula is C22H19ClFN3O3. The third kappa shape index (κ3) is 3.93. The molecule has 2 aromatic carbocycles. The third-order valence-electron chi connectivity index (χ3n) is 5.04. The number of halogens is 2. The zero-order chi connectivity index (χ0) is 21.3. The van der Waals surface area contributed by atoms with Crippen molar-refractivity contribution < 1.29 is 18.4 Å². The Hall–Kier alpha value is -3.19. The molecule has 6 nitrogen and oxygen atoms in total. The van der Waals surface area contributed by atoms with Crippen molar-refractivity contribution in [1.29, 1.82) is 0 Å².